The van der Waals surface area contributed by atoms with Gasteiger partial charge in [0, 0.05) is 5.56 Å². The molecule has 7 heteroatoms. The highest BCUT2D eigenvalue weighted by Crippen LogP contribution is 2.39. The molecule has 0 N–H and O–H groups in total. The lowest BCUT2D eigenvalue weighted by molar-refractivity contribution is -0.154. The number of carbonyl (C=O) groups is 4. The summed E-state index contributed by atoms with van der Waals surface area (Å²) in [7, 11) is 0. The number of nitrogens with zero attached hydrogens (tertiary/aromatic N) is 2. The van der Waals surface area contributed by atoms with E-state index in [1.165, 1.54) is 6.07 Å². The molecule has 160 valence electrons. The molecule has 4 rings (SSSR count). The Morgan fingerprint density at radius 3 is 2.13 bits per heavy atom. The van der Waals surface area contributed by atoms with Gasteiger partial charge in [0.1, 0.15) is 6.54 Å². The van der Waals surface area contributed by atoms with E-state index in [1.807, 2.05) is 6.92 Å². The lowest BCUT2D eigenvalue weighted by Crippen LogP contribution is -2.52. The molecule has 2 atom stereocenters. The quantitative estimate of drug-likeness (QED) is 0.521. The van der Waals surface area contributed by atoms with Crippen LogP contribution in [0.2, 0.25) is 5.02 Å². The SMILES string of the molecule is Cc1ccc(C(=O)CN(C(=O)c2ccccc2Cl)N2C(=O)[C@H]3CCCC[C@@H]3C2=O)cc1. The zero-order valence-corrected chi connectivity index (χ0v) is 18.0. The molecule has 2 aliphatic rings. The molecule has 2 fully saturated rings. The second-order valence-electron chi connectivity index (χ2n) is 8.12. The van der Waals surface area contributed by atoms with Crippen LogP contribution in [0.25, 0.3) is 0 Å². The van der Waals surface area contributed by atoms with Crippen LogP contribution in [0, 0.1) is 18.8 Å². The third-order valence-corrected chi connectivity index (χ3v) is 6.39. The highest BCUT2D eigenvalue weighted by molar-refractivity contribution is 6.34. The summed E-state index contributed by atoms with van der Waals surface area (Å²) >= 11 is 6.21. The van der Waals surface area contributed by atoms with Gasteiger partial charge in [-0.25, -0.2) is 5.01 Å². The van der Waals surface area contributed by atoms with E-state index in [0.717, 1.165) is 28.4 Å². The van der Waals surface area contributed by atoms with Gasteiger partial charge < -0.3 is 0 Å². The molecule has 3 amide bonds. The van der Waals surface area contributed by atoms with E-state index < -0.39 is 36.1 Å². The first-order valence-electron chi connectivity index (χ1n) is 10.4. The van der Waals surface area contributed by atoms with Gasteiger partial charge in [0.25, 0.3) is 17.7 Å². The molecule has 2 aromatic carbocycles. The monoisotopic (exact) mass is 438 g/mol. The molecule has 1 saturated carbocycles. The summed E-state index contributed by atoms with van der Waals surface area (Å²) in [5.74, 6) is -2.70. The van der Waals surface area contributed by atoms with E-state index in [0.29, 0.717) is 18.4 Å². The van der Waals surface area contributed by atoms with Gasteiger partial charge in [0.15, 0.2) is 5.78 Å². The van der Waals surface area contributed by atoms with Crippen LogP contribution in [0.4, 0.5) is 0 Å². The standard InChI is InChI=1S/C24H23ClN2O4/c1-15-10-12-16(13-11-15)21(28)14-26(22(29)19-8-4-5-9-20(19)25)27-23(30)17-6-2-3-7-18(17)24(27)31/h4-5,8-13,17-18H,2-3,6-7,14H2,1H3/t17-,18-/m0/s1. The van der Waals surface area contributed by atoms with Crippen LogP contribution in [-0.4, -0.2) is 40.1 Å². The number of aryl methyl sites for hydroxylation is 1. The van der Waals surface area contributed by atoms with Crippen LogP contribution < -0.4 is 0 Å². The van der Waals surface area contributed by atoms with Gasteiger partial charge in [-0.3, -0.25) is 19.2 Å². The zero-order chi connectivity index (χ0) is 22.1. The van der Waals surface area contributed by atoms with Crippen LogP contribution in [0.5, 0.6) is 0 Å². The van der Waals surface area contributed by atoms with Crippen LogP contribution >= 0.6 is 11.6 Å². The molecule has 2 aromatic rings. The Balaban J connectivity index is 1.70. The minimum atomic E-state index is -0.647. The fraction of sp³-hybridized carbons (Fsp3) is 0.333. The smallest absolute Gasteiger partial charge is 0.274 e. The number of benzene rings is 2. The fourth-order valence-electron chi connectivity index (χ4n) is 4.36. The normalized spacial score (nSPS) is 20.5. The maximum absolute atomic E-state index is 13.4. The lowest BCUT2D eigenvalue weighted by Gasteiger charge is -2.30. The average molecular weight is 439 g/mol. The highest BCUT2D eigenvalue weighted by atomic mass is 35.5. The van der Waals surface area contributed by atoms with E-state index in [1.54, 1.807) is 42.5 Å². The number of carbonyl (C=O) groups excluding carboxylic acids is 4. The van der Waals surface area contributed by atoms with Crippen LogP contribution in [0.1, 0.15) is 52.0 Å². The number of halogens is 1. The average Bonchev–Trinajstić information content (AvgIpc) is 3.03. The van der Waals surface area contributed by atoms with Gasteiger partial charge in [0.05, 0.1) is 22.4 Å². The number of hydrogen-bond donors (Lipinski definition) is 0. The zero-order valence-electron chi connectivity index (χ0n) is 17.2. The second-order valence-corrected chi connectivity index (χ2v) is 8.52. The first kappa shape index (κ1) is 21.2. The van der Waals surface area contributed by atoms with Crippen LogP contribution in [0.15, 0.2) is 48.5 Å². The number of ketones is 1. The lowest BCUT2D eigenvalue weighted by atomic mass is 9.81. The molecule has 0 spiro atoms. The summed E-state index contributed by atoms with van der Waals surface area (Å²) in [6.07, 6.45) is 2.97. The third-order valence-electron chi connectivity index (χ3n) is 6.06. The molecule has 1 heterocycles. The third kappa shape index (κ3) is 4.00. The maximum Gasteiger partial charge on any atom is 0.274 e. The molecule has 6 nitrogen and oxygen atoms in total. The Labute approximate surface area is 185 Å². The van der Waals surface area contributed by atoms with Gasteiger partial charge in [0.2, 0.25) is 0 Å². The molecule has 0 bridgehead atoms. The summed E-state index contributed by atoms with van der Waals surface area (Å²) in [5.41, 5.74) is 1.53. The summed E-state index contributed by atoms with van der Waals surface area (Å²) in [6.45, 7) is 1.48. The van der Waals surface area contributed by atoms with E-state index in [2.05, 4.69) is 0 Å². The fourth-order valence-corrected chi connectivity index (χ4v) is 4.57. The molecular formula is C24H23ClN2O4. The van der Waals surface area contributed by atoms with Crippen molar-refractivity contribution in [3.63, 3.8) is 0 Å². The number of hydrazine groups is 1. The minimum absolute atomic E-state index is 0.136. The van der Waals surface area contributed by atoms with E-state index >= 15 is 0 Å². The van der Waals surface area contributed by atoms with Crippen molar-refractivity contribution >= 4 is 35.1 Å². The Hall–Kier alpha value is -2.99. The molecule has 0 radical (unpaired) electrons. The van der Waals surface area contributed by atoms with Gasteiger partial charge >= 0.3 is 0 Å². The van der Waals surface area contributed by atoms with E-state index in [4.69, 9.17) is 11.6 Å². The molecule has 31 heavy (non-hydrogen) atoms. The molecular weight excluding hydrogens is 416 g/mol. The number of amides is 3. The topological polar surface area (TPSA) is 74.8 Å². The first-order valence-corrected chi connectivity index (χ1v) is 10.8. The predicted molar refractivity (Wildman–Crippen MR) is 115 cm³/mol. The Morgan fingerprint density at radius 1 is 0.968 bits per heavy atom. The number of fused-ring (bicyclic) bond motifs is 1. The van der Waals surface area contributed by atoms with E-state index in [-0.39, 0.29) is 16.4 Å². The molecule has 0 aromatic heterocycles. The Kier molecular flexibility index (Phi) is 5.92. The van der Waals surface area contributed by atoms with Crippen molar-refractivity contribution < 1.29 is 19.2 Å². The number of rotatable bonds is 5. The van der Waals surface area contributed by atoms with Crippen molar-refractivity contribution in [2.45, 2.75) is 32.6 Å². The number of Topliss-reactive ketones (excluding diaryl/α,β-unsaturated/α-hetero) is 1. The highest BCUT2D eigenvalue weighted by Gasteiger charge is 2.51. The van der Waals surface area contributed by atoms with Gasteiger partial charge in [-0.2, -0.15) is 5.01 Å². The molecule has 0 unspecified atom stereocenters. The van der Waals surface area contributed by atoms with Crippen LogP contribution in [0.3, 0.4) is 0 Å². The van der Waals surface area contributed by atoms with Crippen molar-refractivity contribution in [1.29, 1.82) is 0 Å². The number of hydrogen-bond acceptors (Lipinski definition) is 4. The van der Waals surface area contributed by atoms with Crippen molar-refractivity contribution in [2.24, 2.45) is 11.8 Å². The Bertz CT molecular complexity index is 1030. The van der Waals surface area contributed by atoms with Crippen molar-refractivity contribution in [1.82, 2.24) is 10.0 Å². The largest absolute Gasteiger partial charge is 0.292 e. The molecule has 1 aliphatic carbocycles. The van der Waals surface area contributed by atoms with Gasteiger partial charge in [-0.15, -0.1) is 0 Å². The van der Waals surface area contributed by atoms with Crippen molar-refractivity contribution in [3.8, 4) is 0 Å². The van der Waals surface area contributed by atoms with E-state index in [9.17, 15) is 19.2 Å². The van der Waals surface area contributed by atoms with Crippen molar-refractivity contribution in [2.75, 3.05) is 6.54 Å². The van der Waals surface area contributed by atoms with Gasteiger partial charge in [-0.1, -0.05) is 66.4 Å². The summed E-state index contributed by atoms with van der Waals surface area (Å²) in [5, 5.41) is 2.07. The predicted octanol–water partition coefficient (Wildman–Crippen LogP) is 4.06. The molecule has 1 saturated heterocycles. The minimum Gasteiger partial charge on any atom is -0.292 e. The second kappa shape index (κ2) is 8.63. The Morgan fingerprint density at radius 2 is 1.55 bits per heavy atom. The summed E-state index contributed by atoms with van der Waals surface area (Å²) in [4.78, 5) is 52.7. The van der Waals surface area contributed by atoms with Crippen LogP contribution in [-0.2, 0) is 9.59 Å². The summed E-state index contributed by atoms with van der Waals surface area (Å²) in [6, 6.07) is 13.3. The number of imide groups is 1. The first-order chi connectivity index (χ1) is 14.9. The summed E-state index contributed by atoms with van der Waals surface area (Å²) < 4.78 is 0. The van der Waals surface area contributed by atoms with Crippen molar-refractivity contribution in [3.05, 3.63) is 70.2 Å². The van der Waals surface area contributed by atoms with Gasteiger partial charge in [-0.05, 0) is 31.9 Å². The maximum atomic E-state index is 13.4. The molecule has 1 aliphatic heterocycles.